The van der Waals surface area contributed by atoms with Crippen LogP contribution in [0.1, 0.15) is 40.1 Å². The van der Waals surface area contributed by atoms with Gasteiger partial charge in [0.05, 0.1) is 11.7 Å². The number of phenolic OH excluding ortho intramolecular Hbond substituents is 1. The van der Waals surface area contributed by atoms with Gasteiger partial charge in [0.15, 0.2) is 5.78 Å². The van der Waals surface area contributed by atoms with Crippen LogP contribution in [-0.2, 0) is 0 Å². The quantitative estimate of drug-likeness (QED) is 0.830. The topological polar surface area (TPSA) is 57.5 Å². The molecule has 0 aliphatic carbocycles. The number of carbonyl (C=O) groups excluding carboxylic acids is 1. The minimum Gasteiger partial charge on any atom is -0.507 e. The van der Waals surface area contributed by atoms with Crippen molar-refractivity contribution >= 4 is 5.78 Å². The van der Waals surface area contributed by atoms with E-state index in [1.165, 1.54) is 0 Å². The number of aliphatic hydroxyl groups is 1. The Morgan fingerprint density at radius 1 is 1.11 bits per heavy atom. The Balaban J connectivity index is 2.50. The molecule has 0 aromatic heterocycles. The molecule has 0 saturated heterocycles. The van der Waals surface area contributed by atoms with Crippen molar-refractivity contribution in [2.75, 3.05) is 0 Å². The third-order valence-corrected chi connectivity index (χ3v) is 3.05. The summed E-state index contributed by atoms with van der Waals surface area (Å²) in [5.41, 5.74) is 2.11. The molecule has 0 amide bonds. The van der Waals surface area contributed by atoms with Crippen LogP contribution < -0.4 is 0 Å². The summed E-state index contributed by atoms with van der Waals surface area (Å²) in [4.78, 5) is 12.4. The lowest BCUT2D eigenvalue weighted by molar-refractivity contribution is 0.103. The van der Waals surface area contributed by atoms with Gasteiger partial charge in [-0.05, 0) is 37.1 Å². The number of benzene rings is 2. The van der Waals surface area contributed by atoms with E-state index in [0.29, 0.717) is 11.1 Å². The molecule has 1 atom stereocenters. The Morgan fingerprint density at radius 3 is 2.42 bits per heavy atom. The Morgan fingerprint density at radius 2 is 1.79 bits per heavy atom. The third-order valence-electron chi connectivity index (χ3n) is 3.05. The van der Waals surface area contributed by atoms with Crippen LogP contribution >= 0.6 is 0 Å². The van der Waals surface area contributed by atoms with E-state index < -0.39 is 6.10 Å². The lowest BCUT2D eigenvalue weighted by Crippen LogP contribution is -2.07. The van der Waals surface area contributed by atoms with Gasteiger partial charge in [-0.2, -0.15) is 0 Å². The normalized spacial score (nSPS) is 12.2. The molecular formula is C16H16O3. The van der Waals surface area contributed by atoms with Crippen LogP contribution in [0.3, 0.4) is 0 Å². The van der Waals surface area contributed by atoms with Gasteiger partial charge in [0, 0.05) is 5.56 Å². The number of hydrogen-bond donors (Lipinski definition) is 2. The first kappa shape index (κ1) is 13.3. The van der Waals surface area contributed by atoms with Crippen molar-refractivity contribution in [3.05, 3.63) is 64.7 Å². The molecule has 1 unspecified atom stereocenters. The highest BCUT2D eigenvalue weighted by atomic mass is 16.3. The van der Waals surface area contributed by atoms with Gasteiger partial charge in [0.1, 0.15) is 5.75 Å². The Bertz CT molecular complexity index is 615. The second-order valence-electron chi connectivity index (χ2n) is 4.61. The summed E-state index contributed by atoms with van der Waals surface area (Å²) in [6.07, 6.45) is -0.729. The van der Waals surface area contributed by atoms with Crippen molar-refractivity contribution in [3.8, 4) is 5.75 Å². The maximum atomic E-state index is 12.4. The molecule has 0 aliphatic heterocycles. The van der Waals surface area contributed by atoms with Crippen LogP contribution in [-0.4, -0.2) is 16.0 Å². The summed E-state index contributed by atoms with van der Waals surface area (Å²) in [5.74, 6) is -0.320. The molecule has 0 saturated carbocycles. The third kappa shape index (κ3) is 2.66. The highest BCUT2D eigenvalue weighted by Gasteiger charge is 2.18. The summed E-state index contributed by atoms with van der Waals surface area (Å²) in [6, 6.07) is 11.8. The molecule has 2 rings (SSSR count). The van der Waals surface area contributed by atoms with E-state index in [4.69, 9.17) is 0 Å². The molecule has 0 bridgehead atoms. The minimum absolute atomic E-state index is 0.0367. The van der Waals surface area contributed by atoms with Gasteiger partial charge < -0.3 is 10.2 Å². The van der Waals surface area contributed by atoms with E-state index >= 15 is 0 Å². The lowest BCUT2D eigenvalue weighted by atomic mass is 9.95. The van der Waals surface area contributed by atoms with Crippen LogP contribution in [0.4, 0.5) is 0 Å². The average Bonchev–Trinajstić information content (AvgIpc) is 2.38. The van der Waals surface area contributed by atoms with Gasteiger partial charge in [-0.15, -0.1) is 0 Å². The fourth-order valence-electron chi connectivity index (χ4n) is 2.05. The zero-order valence-electron chi connectivity index (χ0n) is 10.9. The largest absolute Gasteiger partial charge is 0.507 e. The molecule has 3 nitrogen and oxygen atoms in total. The fraction of sp³-hybridized carbons (Fsp3) is 0.188. The van der Waals surface area contributed by atoms with Gasteiger partial charge >= 0.3 is 0 Å². The van der Waals surface area contributed by atoms with E-state index in [-0.39, 0.29) is 17.1 Å². The van der Waals surface area contributed by atoms with Crippen LogP contribution in [0.5, 0.6) is 5.75 Å². The van der Waals surface area contributed by atoms with Crippen LogP contribution in [0.25, 0.3) is 0 Å². The fourth-order valence-corrected chi connectivity index (χ4v) is 2.05. The van der Waals surface area contributed by atoms with Crippen LogP contribution in [0, 0.1) is 6.92 Å². The van der Waals surface area contributed by atoms with Gasteiger partial charge in [0.2, 0.25) is 0 Å². The highest BCUT2D eigenvalue weighted by Crippen LogP contribution is 2.25. The molecule has 3 heteroatoms. The summed E-state index contributed by atoms with van der Waals surface area (Å²) < 4.78 is 0. The molecule has 2 N–H and O–H groups in total. The monoisotopic (exact) mass is 256 g/mol. The second kappa shape index (κ2) is 5.24. The van der Waals surface area contributed by atoms with Gasteiger partial charge in [-0.3, -0.25) is 4.79 Å². The first-order valence-electron chi connectivity index (χ1n) is 6.12. The van der Waals surface area contributed by atoms with Crippen molar-refractivity contribution < 1.29 is 15.0 Å². The molecule has 19 heavy (non-hydrogen) atoms. The summed E-state index contributed by atoms with van der Waals surface area (Å²) >= 11 is 0. The SMILES string of the molecule is Cc1ccc(C(=O)c2ccccc2C(C)O)c(O)c1. The molecule has 98 valence electrons. The van der Waals surface area contributed by atoms with E-state index in [0.717, 1.165) is 5.56 Å². The summed E-state index contributed by atoms with van der Waals surface area (Å²) in [5, 5.41) is 19.6. The maximum absolute atomic E-state index is 12.4. The number of aryl methyl sites for hydroxylation is 1. The van der Waals surface area contributed by atoms with E-state index in [1.807, 2.05) is 6.92 Å². The number of aromatic hydroxyl groups is 1. The first-order chi connectivity index (χ1) is 9.00. The molecule has 0 fully saturated rings. The van der Waals surface area contributed by atoms with Crippen molar-refractivity contribution in [2.45, 2.75) is 20.0 Å². The van der Waals surface area contributed by atoms with Gasteiger partial charge in [0.25, 0.3) is 0 Å². The zero-order chi connectivity index (χ0) is 14.0. The van der Waals surface area contributed by atoms with E-state index in [1.54, 1.807) is 49.4 Å². The van der Waals surface area contributed by atoms with Gasteiger partial charge in [-0.25, -0.2) is 0 Å². The standard InChI is InChI=1S/C16H16O3/c1-10-7-8-14(15(18)9-10)16(19)13-6-4-3-5-12(13)11(2)17/h3-9,11,17-18H,1-2H3. The zero-order valence-corrected chi connectivity index (χ0v) is 10.9. The minimum atomic E-state index is -0.729. The Kier molecular flexibility index (Phi) is 3.67. The average molecular weight is 256 g/mol. The molecule has 0 radical (unpaired) electrons. The van der Waals surface area contributed by atoms with Crippen molar-refractivity contribution in [2.24, 2.45) is 0 Å². The van der Waals surface area contributed by atoms with Crippen molar-refractivity contribution in [3.63, 3.8) is 0 Å². The molecule has 0 heterocycles. The van der Waals surface area contributed by atoms with E-state index in [2.05, 4.69) is 0 Å². The second-order valence-corrected chi connectivity index (χ2v) is 4.61. The number of aliphatic hydroxyl groups excluding tert-OH is 1. The molecular weight excluding hydrogens is 240 g/mol. The predicted octanol–water partition coefficient (Wildman–Crippen LogP) is 2.98. The highest BCUT2D eigenvalue weighted by molar-refractivity contribution is 6.11. The van der Waals surface area contributed by atoms with Crippen molar-refractivity contribution in [1.29, 1.82) is 0 Å². The number of carbonyl (C=O) groups is 1. The van der Waals surface area contributed by atoms with E-state index in [9.17, 15) is 15.0 Å². The lowest BCUT2D eigenvalue weighted by Gasteiger charge is -2.12. The molecule has 0 aliphatic rings. The molecule has 2 aromatic rings. The number of rotatable bonds is 3. The van der Waals surface area contributed by atoms with Crippen molar-refractivity contribution in [1.82, 2.24) is 0 Å². The summed E-state index contributed by atoms with van der Waals surface area (Å²) in [7, 11) is 0. The van der Waals surface area contributed by atoms with Gasteiger partial charge in [-0.1, -0.05) is 30.3 Å². The Hall–Kier alpha value is -2.13. The summed E-state index contributed by atoms with van der Waals surface area (Å²) in [6.45, 7) is 3.46. The smallest absolute Gasteiger partial charge is 0.197 e. The number of hydrogen-bond acceptors (Lipinski definition) is 3. The maximum Gasteiger partial charge on any atom is 0.197 e. The Labute approximate surface area is 112 Å². The predicted molar refractivity (Wildman–Crippen MR) is 73.4 cm³/mol. The number of phenols is 1. The number of ketones is 1. The van der Waals surface area contributed by atoms with Crippen LogP contribution in [0.15, 0.2) is 42.5 Å². The first-order valence-corrected chi connectivity index (χ1v) is 6.12. The van der Waals surface area contributed by atoms with Crippen LogP contribution in [0.2, 0.25) is 0 Å². The molecule has 2 aromatic carbocycles. The molecule has 0 spiro atoms.